The second kappa shape index (κ2) is 8.64. The maximum absolute atomic E-state index is 12.5. The Labute approximate surface area is 162 Å². The fourth-order valence-electron chi connectivity index (χ4n) is 2.65. The van der Waals surface area contributed by atoms with Crippen molar-refractivity contribution in [2.24, 2.45) is 0 Å². The average Bonchev–Trinajstić information content (AvgIpc) is 3.10. The predicted octanol–water partition coefficient (Wildman–Crippen LogP) is 3.50. The number of methoxy groups -OCH3 is 2. The maximum Gasteiger partial charge on any atom is 0.263 e. The molecule has 0 spiro atoms. The van der Waals surface area contributed by atoms with E-state index >= 15 is 0 Å². The molecule has 7 heteroatoms. The summed E-state index contributed by atoms with van der Waals surface area (Å²) in [5.74, 6) is 1.17. The summed E-state index contributed by atoms with van der Waals surface area (Å²) in [4.78, 5) is 21.8. The highest BCUT2D eigenvalue weighted by atomic mass is 32.1. The molecule has 27 heavy (non-hydrogen) atoms. The Hall–Kier alpha value is -2.93. The minimum atomic E-state index is -0.111. The fraction of sp³-hybridized carbons (Fsp3) is 0.250. The van der Waals surface area contributed by atoms with Gasteiger partial charge in [0.15, 0.2) is 11.5 Å². The summed E-state index contributed by atoms with van der Waals surface area (Å²) in [5, 5.41) is 3.72. The van der Waals surface area contributed by atoms with E-state index in [1.54, 1.807) is 26.6 Å². The van der Waals surface area contributed by atoms with Crippen LogP contribution in [-0.2, 0) is 6.42 Å². The van der Waals surface area contributed by atoms with Gasteiger partial charge in [0.05, 0.1) is 19.9 Å². The van der Waals surface area contributed by atoms with E-state index in [1.165, 1.54) is 11.3 Å². The molecule has 0 saturated heterocycles. The molecule has 0 radical (unpaired) electrons. The van der Waals surface area contributed by atoms with Gasteiger partial charge in [-0.1, -0.05) is 6.07 Å². The molecule has 0 unspecified atom stereocenters. The van der Waals surface area contributed by atoms with Crippen LogP contribution in [0, 0.1) is 6.92 Å². The van der Waals surface area contributed by atoms with Crippen LogP contribution in [0.3, 0.4) is 0 Å². The van der Waals surface area contributed by atoms with Crippen molar-refractivity contribution in [3.63, 3.8) is 0 Å². The van der Waals surface area contributed by atoms with Gasteiger partial charge in [0, 0.05) is 24.5 Å². The Morgan fingerprint density at radius 3 is 2.70 bits per heavy atom. The van der Waals surface area contributed by atoms with Crippen molar-refractivity contribution < 1.29 is 14.3 Å². The summed E-state index contributed by atoms with van der Waals surface area (Å²) < 4.78 is 10.6. The third kappa shape index (κ3) is 4.43. The van der Waals surface area contributed by atoms with Gasteiger partial charge in [-0.25, -0.2) is 4.98 Å². The van der Waals surface area contributed by atoms with Crippen LogP contribution in [0.5, 0.6) is 11.5 Å². The Morgan fingerprint density at radius 2 is 2.00 bits per heavy atom. The third-order valence-electron chi connectivity index (χ3n) is 4.06. The van der Waals surface area contributed by atoms with E-state index in [1.807, 2.05) is 37.3 Å². The van der Waals surface area contributed by atoms with E-state index in [0.717, 1.165) is 22.6 Å². The van der Waals surface area contributed by atoms with Crippen LogP contribution < -0.4 is 14.8 Å². The molecule has 0 saturated carbocycles. The van der Waals surface area contributed by atoms with Gasteiger partial charge in [-0.2, -0.15) is 0 Å². The number of amides is 1. The zero-order valence-electron chi connectivity index (χ0n) is 15.5. The second-order valence-electron chi connectivity index (χ2n) is 5.87. The van der Waals surface area contributed by atoms with Crippen LogP contribution in [0.4, 0.5) is 0 Å². The Morgan fingerprint density at radius 1 is 1.19 bits per heavy atom. The van der Waals surface area contributed by atoms with E-state index < -0.39 is 0 Å². The zero-order chi connectivity index (χ0) is 19.2. The van der Waals surface area contributed by atoms with E-state index in [0.29, 0.717) is 28.6 Å². The molecule has 6 nitrogen and oxygen atoms in total. The molecule has 0 aliphatic rings. The number of aryl methyl sites for hydroxylation is 1. The quantitative estimate of drug-likeness (QED) is 0.676. The van der Waals surface area contributed by atoms with Crippen LogP contribution >= 0.6 is 11.3 Å². The van der Waals surface area contributed by atoms with E-state index in [9.17, 15) is 4.79 Å². The molecular weight excluding hydrogens is 362 g/mol. The number of aromatic nitrogens is 2. The number of carbonyl (C=O) groups excluding carboxylic acids is 1. The first-order chi connectivity index (χ1) is 13.1. The van der Waals surface area contributed by atoms with E-state index in [2.05, 4.69) is 15.3 Å². The molecular formula is C20H21N3O3S. The van der Waals surface area contributed by atoms with Crippen molar-refractivity contribution in [3.8, 4) is 22.1 Å². The van der Waals surface area contributed by atoms with Crippen molar-refractivity contribution in [1.29, 1.82) is 0 Å². The SMILES string of the molecule is COc1ccc(-c2nc(C)c(C(=O)NCCc3cccnc3)s2)cc1OC. The lowest BCUT2D eigenvalue weighted by atomic mass is 10.2. The minimum absolute atomic E-state index is 0.111. The van der Waals surface area contributed by atoms with E-state index in [4.69, 9.17) is 9.47 Å². The number of carbonyl (C=O) groups is 1. The first-order valence-electron chi connectivity index (χ1n) is 8.49. The number of rotatable bonds is 7. The van der Waals surface area contributed by atoms with Crippen LogP contribution in [0.15, 0.2) is 42.7 Å². The molecule has 0 atom stereocenters. The Kier molecular flexibility index (Phi) is 6.03. The van der Waals surface area contributed by atoms with Crippen molar-refractivity contribution >= 4 is 17.2 Å². The van der Waals surface area contributed by atoms with Crippen molar-refractivity contribution in [2.75, 3.05) is 20.8 Å². The lowest BCUT2D eigenvalue weighted by Crippen LogP contribution is -2.25. The number of pyridine rings is 1. The molecule has 3 aromatic rings. The lowest BCUT2D eigenvalue weighted by Gasteiger charge is -2.08. The highest BCUT2D eigenvalue weighted by Gasteiger charge is 2.17. The Bertz CT molecular complexity index is 925. The smallest absolute Gasteiger partial charge is 0.263 e. The summed E-state index contributed by atoms with van der Waals surface area (Å²) >= 11 is 1.37. The topological polar surface area (TPSA) is 73.3 Å². The van der Waals surface area contributed by atoms with Gasteiger partial charge in [0.25, 0.3) is 5.91 Å². The minimum Gasteiger partial charge on any atom is -0.493 e. The van der Waals surface area contributed by atoms with Gasteiger partial charge in [0.2, 0.25) is 0 Å². The second-order valence-corrected chi connectivity index (χ2v) is 6.87. The normalized spacial score (nSPS) is 10.5. The van der Waals surface area contributed by atoms with Gasteiger partial charge < -0.3 is 14.8 Å². The molecule has 1 aromatic carbocycles. The van der Waals surface area contributed by atoms with Crippen molar-refractivity contribution in [1.82, 2.24) is 15.3 Å². The molecule has 1 N–H and O–H groups in total. The standard InChI is InChI=1S/C20H21N3O3S/c1-13-18(19(24)22-10-8-14-5-4-9-21-12-14)27-20(23-13)15-6-7-16(25-2)17(11-15)26-3/h4-7,9,11-12H,8,10H2,1-3H3,(H,22,24). The Balaban J connectivity index is 1.71. The molecule has 0 bridgehead atoms. The van der Waals surface area contributed by atoms with Crippen LogP contribution in [0.25, 0.3) is 10.6 Å². The van der Waals surface area contributed by atoms with Crippen LogP contribution in [-0.4, -0.2) is 36.6 Å². The summed E-state index contributed by atoms with van der Waals surface area (Å²) in [6, 6.07) is 9.48. The van der Waals surface area contributed by atoms with Gasteiger partial charge in [-0.15, -0.1) is 11.3 Å². The third-order valence-corrected chi connectivity index (χ3v) is 5.26. The highest BCUT2D eigenvalue weighted by molar-refractivity contribution is 7.17. The molecule has 1 amide bonds. The summed E-state index contributed by atoms with van der Waals surface area (Å²) in [6.45, 7) is 2.39. The van der Waals surface area contributed by atoms with Crippen molar-refractivity contribution in [2.45, 2.75) is 13.3 Å². The molecule has 0 aliphatic heterocycles. The van der Waals surface area contributed by atoms with Gasteiger partial charge in [-0.05, 0) is 43.2 Å². The maximum atomic E-state index is 12.5. The van der Waals surface area contributed by atoms with Gasteiger partial charge in [-0.3, -0.25) is 9.78 Å². The van der Waals surface area contributed by atoms with Crippen LogP contribution in [0.2, 0.25) is 0 Å². The number of hydrogen-bond donors (Lipinski definition) is 1. The molecule has 140 valence electrons. The summed E-state index contributed by atoms with van der Waals surface area (Å²) in [6.07, 6.45) is 4.28. The molecule has 2 heterocycles. The highest BCUT2D eigenvalue weighted by Crippen LogP contribution is 2.34. The summed E-state index contributed by atoms with van der Waals surface area (Å²) in [5.41, 5.74) is 2.68. The average molecular weight is 383 g/mol. The molecule has 0 fully saturated rings. The predicted molar refractivity (Wildman–Crippen MR) is 106 cm³/mol. The number of hydrogen-bond acceptors (Lipinski definition) is 6. The number of ether oxygens (including phenoxy) is 2. The number of benzene rings is 1. The van der Waals surface area contributed by atoms with E-state index in [-0.39, 0.29) is 5.91 Å². The molecule has 3 rings (SSSR count). The van der Waals surface area contributed by atoms with Crippen molar-refractivity contribution in [3.05, 3.63) is 58.9 Å². The zero-order valence-corrected chi connectivity index (χ0v) is 16.3. The first kappa shape index (κ1) is 18.8. The fourth-order valence-corrected chi connectivity index (χ4v) is 3.63. The first-order valence-corrected chi connectivity index (χ1v) is 9.31. The van der Waals surface area contributed by atoms with Gasteiger partial charge >= 0.3 is 0 Å². The number of nitrogens with one attached hydrogen (secondary N) is 1. The lowest BCUT2D eigenvalue weighted by molar-refractivity contribution is 0.0957. The number of nitrogens with zero attached hydrogens (tertiary/aromatic N) is 2. The number of thiazole rings is 1. The largest absolute Gasteiger partial charge is 0.493 e. The van der Waals surface area contributed by atoms with Crippen LogP contribution in [0.1, 0.15) is 20.9 Å². The van der Waals surface area contributed by atoms with Gasteiger partial charge in [0.1, 0.15) is 9.88 Å². The summed E-state index contributed by atoms with van der Waals surface area (Å²) in [7, 11) is 3.19. The molecule has 2 aromatic heterocycles. The molecule has 0 aliphatic carbocycles. The monoisotopic (exact) mass is 383 g/mol.